The van der Waals surface area contributed by atoms with E-state index in [1.807, 2.05) is 0 Å². The van der Waals surface area contributed by atoms with Crippen LogP contribution in [0.5, 0.6) is 0 Å². The molecule has 3 fully saturated rings. The second kappa shape index (κ2) is 9.16. The van der Waals surface area contributed by atoms with Crippen molar-refractivity contribution in [2.75, 3.05) is 45.8 Å². The molecule has 3 heterocycles. The zero-order chi connectivity index (χ0) is 19.6. The summed E-state index contributed by atoms with van der Waals surface area (Å²) in [5.74, 6) is -2.34. The summed E-state index contributed by atoms with van der Waals surface area (Å²) in [7, 11) is 0. The number of piperidine rings is 1. The van der Waals surface area contributed by atoms with Gasteiger partial charge in [-0.3, -0.25) is 24.1 Å². The molecular weight excluding hydrogens is 390 g/mol. The SMILES string of the molecule is C=CCN1C(=O)C(=O)N(CC(=O)N2CCCC(N3CCNCC3=O)C2)C1=O.Cl. The highest BCUT2D eigenvalue weighted by atomic mass is 35.5. The minimum absolute atomic E-state index is 0. The lowest BCUT2D eigenvalue weighted by Crippen LogP contribution is -2.58. The van der Waals surface area contributed by atoms with Crippen LogP contribution in [0, 0.1) is 0 Å². The number of halogens is 1. The van der Waals surface area contributed by atoms with Gasteiger partial charge in [0, 0.05) is 38.8 Å². The number of likely N-dealkylation sites (tertiary alicyclic amines) is 1. The van der Waals surface area contributed by atoms with Crippen LogP contribution in [0.4, 0.5) is 4.79 Å². The van der Waals surface area contributed by atoms with Crippen LogP contribution >= 0.6 is 12.4 Å². The molecule has 0 aromatic carbocycles. The molecule has 6 amide bonds. The summed E-state index contributed by atoms with van der Waals surface area (Å²) < 4.78 is 0. The zero-order valence-electron chi connectivity index (χ0n) is 15.5. The van der Waals surface area contributed by atoms with Gasteiger partial charge in [0.05, 0.1) is 6.54 Å². The largest absolute Gasteiger partial charge is 0.339 e. The Morgan fingerprint density at radius 3 is 2.54 bits per heavy atom. The second-order valence-corrected chi connectivity index (χ2v) is 6.78. The molecule has 0 bridgehead atoms. The number of urea groups is 1. The van der Waals surface area contributed by atoms with Crippen LogP contribution in [-0.4, -0.2) is 101 Å². The van der Waals surface area contributed by atoms with E-state index in [1.165, 1.54) is 6.08 Å². The van der Waals surface area contributed by atoms with E-state index >= 15 is 0 Å². The van der Waals surface area contributed by atoms with E-state index < -0.39 is 30.3 Å². The molecule has 28 heavy (non-hydrogen) atoms. The van der Waals surface area contributed by atoms with Crippen molar-refractivity contribution in [1.29, 1.82) is 0 Å². The molecule has 1 atom stereocenters. The first kappa shape index (κ1) is 21.8. The Kier molecular flexibility index (Phi) is 7.14. The number of hydrogen-bond acceptors (Lipinski definition) is 6. The van der Waals surface area contributed by atoms with Crippen LogP contribution in [0.25, 0.3) is 0 Å². The Balaban J connectivity index is 0.00000280. The van der Waals surface area contributed by atoms with Crippen LogP contribution in [-0.2, 0) is 19.2 Å². The highest BCUT2D eigenvalue weighted by Crippen LogP contribution is 2.18. The number of amides is 6. The highest BCUT2D eigenvalue weighted by molar-refractivity contribution is 6.45. The van der Waals surface area contributed by atoms with E-state index in [0.29, 0.717) is 37.6 Å². The lowest BCUT2D eigenvalue weighted by Gasteiger charge is -2.41. The van der Waals surface area contributed by atoms with Crippen LogP contribution in [0.15, 0.2) is 12.7 Å². The molecule has 154 valence electrons. The first-order valence-electron chi connectivity index (χ1n) is 9.00. The number of carbonyl (C=O) groups excluding carboxylic acids is 5. The molecule has 0 aromatic rings. The normalized spacial score (nSPS) is 23.2. The van der Waals surface area contributed by atoms with Crippen LogP contribution in [0.1, 0.15) is 12.8 Å². The number of hydrogen-bond donors (Lipinski definition) is 1. The molecule has 0 saturated carbocycles. The van der Waals surface area contributed by atoms with Gasteiger partial charge in [-0.15, -0.1) is 19.0 Å². The van der Waals surface area contributed by atoms with E-state index in [-0.39, 0.29) is 30.9 Å². The molecule has 0 aliphatic carbocycles. The molecule has 3 aliphatic rings. The van der Waals surface area contributed by atoms with Gasteiger partial charge in [-0.25, -0.2) is 9.69 Å². The quantitative estimate of drug-likeness (QED) is 0.344. The van der Waals surface area contributed by atoms with E-state index in [1.54, 1.807) is 9.80 Å². The first-order valence-corrected chi connectivity index (χ1v) is 9.00. The summed E-state index contributed by atoms with van der Waals surface area (Å²) in [6.07, 6.45) is 2.88. The third-order valence-corrected chi connectivity index (χ3v) is 5.06. The average molecular weight is 414 g/mol. The van der Waals surface area contributed by atoms with Gasteiger partial charge in [0.2, 0.25) is 11.8 Å². The van der Waals surface area contributed by atoms with Gasteiger partial charge in [0.1, 0.15) is 6.54 Å². The standard InChI is InChI=1S/C17H23N5O5.ClH/c1-2-6-21-15(25)16(26)22(17(21)27)11-14(24)19-7-3-4-12(10-19)20-8-5-18-9-13(20)23;/h2,12,18H,1,3-11H2;1H. The van der Waals surface area contributed by atoms with Gasteiger partial charge >= 0.3 is 17.8 Å². The molecule has 3 saturated heterocycles. The summed E-state index contributed by atoms with van der Waals surface area (Å²) in [6.45, 7) is 5.37. The van der Waals surface area contributed by atoms with Crippen molar-refractivity contribution >= 4 is 42.1 Å². The maximum Gasteiger partial charge on any atom is 0.335 e. The van der Waals surface area contributed by atoms with Crippen molar-refractivity contribution in [3.63, 3.8) is 0 Å². The topological polar surface area (TPSA) is 110 Å². The molecular formula is C17H24ClN5O5. The molecule has 1 N–H and O–H groups in total. The third kappa shape index (κ3) is 4.17. The van der Waals surface area contributed by atoms with Gasteiger partial charge in [-0.1, -0.05) is 6.08 Å². The van der Waals surface area contributed by atoms with E-state index in [2.05, 4.69) is 11.9 Å². The molecule has 0 spiro atoms. The zero-order valence-corrected chi connectivity index (χ0v) is 16.3. The van der Waals surface area contributed by atoms with Crippen LogP contribution in [0.2, 0.25) is 0 Å². The summed E-state index contributed by atoms with van der Waals surface area (Å²) in [5.41, 5.74) is 0. The van der Waals surface area contributed by atoms with Crippen molar-refractivity contribution in [3.05, 3.63) is 12.7 Å². The summed E-state index contributed by atoms with van der Waals surface area (Å²) in [5, 5.41) is 3.02. The average Bonchev–Trinajstić information content (AvgIpc) is 2.87. The fraction of sp³-hybridized carbons (Fsp3) is 0.588. The third-order valence-electron chi connectivity index (χ3n) is 5.06. The predicted molar refractivity (Wildman–Crippen MR) is 100 cm³/mol. The lowest BCUT2D eigenvalue weighted by atomic mass is 10.0. The minimum atomic E-state index is -0.999. The number of nitrogens with one attached hydrogen (secondary N) is 1. The Morgan fingerprint density at radius 1 is 1.14 bits per heavy atom. The molecule has 11 heteroatoms. The van der Waals surface area contributed by atoms with Gasteiger partial charge in [0.25, 0.3) is 0 Å². The van der Waals surface area contributed by atoms with Crippen LogP contribution < -0.4 is 5.32 Å². The summed E-state index contributed by atoms with van der Waals surface area (Å²) in [4.78, 5) is 65.6. The first-order chi connectivity index (χ1) is 12.9. The fourth-order valence-electron chi connectivity index (χ4n) is 3.66. The molecule has 10 nitrogen and oxygen atoms in total. The molecule has 3 aliphatic heterocycles. The van der Waals surface area contributed by atoms with Crippen molar-refractivity contribution < 1.29 is 24.0 Å². The molecule has 0 radical (unpaired) electrons. The number of rotatable bonds is 5. The van der Waals surface area contributed by atoms with Gasteiger partial charge < -0.3 is 15.1 Å². The Hall–Kier alpha value is -2.46. The monoisotopic (exact) mass is 413 g/mol. The number of imide groups is 2. The summed E-state index contributed by atoms with van der Waals surface area (Å²) >= 11 is 0. The van der Waals surface area contributed by atoms with Crippen molar-refractivity contribution in [1.82, 2.24) is 24.9 Å². The number of piperazine rings is 1. The predicted octanol–water partition coefficient (Wildman–Crippen LogP) is -1.19. The van der Waals surface area contributed by atoms with Crippen molar-refractivity contribution in [3.8, 4) is 0 Å². The van der Waals surface area contributed by atoms with Crippen molar-refractivity contribution in [2.45, 2.75) is 18.9 Å². The highest BCUT2D eigenvalue weighted by Gasteiger charge is 2.45. The maximum absolute atomic E-state index is 12.6. The van der Waals surface area contributed by atoms with Crippen molar-refractivity contribution in [2.24, 2.45) is 0 Å². The molecule has 3 rings (SSSR count). The number of carbonyl (C=O) groups is 5. The Bertz CT molecular complexity index is 699. The number of nitrogens with zero attached hydrogens (tertiary/aromatic N) is 4. The Labute approximate surface area is 168 Å². The molecule has 0 aromatic heterocycles. The Morgan fingerprint density at radius 2 is 1.86 bits per heavy atom. The maximum atomic E-state index is 12.6. The lowest BCUT2D eigenvalue weighted by molar-refractivity contribution is -0.145. The summed E-state index contributed by atoms with van der Waals surface area (Å²) in [6, 6.07) is -0.870. The van der Waals surface area contributed by atoms with Gasteiger partial charge in [-0.05, 0) is 12.8 Å². The smallest absolute Gasteiger partial charge is 0.335 e. The van der Waals surface area contributed by atoms with Gasteiger partial charge in [-0.2, -0.15) is 0 Å². The van der Waals surface area contributed by atoms with E-state index in [0.717, 1.165) is 17.7 Å². The van der Waals surface area contributed by atoms with Gasteiger partial charge in [0.15, 0.2) is 0 Å². The van der Waals surface area contributed by atoms with Crippen LogP contribution in [0.3, 0.4) is 0 Å². The minimum Gasteiger partial charge on any atom is -0.339 e. The molecule has 1 unspecified atom stereocenters. The van der Waals surface area contributed by atoms with E-state index in [9.17, 15) is 24.0 Å². The van der Waals surface area contributed by atoms with E-state index in [4.69, 9.17) is 0 Å². The fourth-order valence-corrected chi connectivity index (χ4v) is 3.66. The second-order valence-electron chi connectivity index (χ2n) is 6.78.